The summed E-state index contributed by atoms with van der Waals surface area (Å²) in [6, 6.07) is 6.00. The van der Waals surface area contributed by atoms with E-state index in [-0.39, 0.29) is 5.54 Å². The number of guanidine groups is 1. The molecule has 1 amide bonds. The molecule has 5 rings (SSSR count). The Labute approximate surface area is 205 Å². The van der Waals surface area contributed by atoms with Crippen molar-refractivity contribution < 1.29 is 4.79 Å². The van der Waals surface area contributed by atoms with Gasteiger partial charge in [0.1, 0.15) is 5.82 Å². The molecule has 2 atom stereocenters. The number of nitrogens with one attached hydrogen (secondary N) is 1. The summed E-state index contributed by atoms with van der Waals surface area (Å²) in [7, 11) is 0. The van der Waals surface area contributed by atoms with E-state index in [0.29, 0.717) is 35.4 Å². The van der Waals surface area contributed by atoms with E-state index in [9.17, 15) is 4.79 Å². The molecule has 0 saturated heterocycles. The van der Waals surface area contributed by atoms with Crippen molar-refractivity contribution in [3.8, 4) is 0 Å². The highest BCUT2D eigenvalue weighted by Crippen LogP contribution is 2.66. The van der Waals surface area contributed by atoms with Gasteiger partial charge in [-0.1, -0.05) is 51.8 Å². The van der Waals surface area contributed by atoms with E-state index >= 15 is 0 Å². The molecule has 8 heteroatoms. The molecule has 2 bridgehead atoms. The lowest BCUT2D eigenvalue weighted by Crippen LogP contribution is -2.40. The molecule has 3 aliphatic carbocycles. The molecule has 2 fully saturated rings. The van der Waals surface area contributed by atoms with Crippen LogP contribution in [0.25, 0.3) is 16.3 Å². The molecule has 2 saturated carbocycles. The van der Waals surface area contributed by atoms with Crippen LogP contribution in [0.4, 0.5) is 0 Å². The number of hydrogen-bond acceptors (Lipinski definition) is 6. The molecule has 0 aliphatic heterocycles. The normalized spacial score (nSPS) is 30.5. The number of fused-ring (bicyclic) bond motifs is 2. The number of hydrogen-bond donors (Lipinski definition) is 3. The number of nitrogens with two attached hydrogens (primary N) is 1. The van der Waals surface area contributed by atoms with E-state index < -0.39 is 0 Å². The first kappa shape index (κ1) is 23.8. The monoisotopic (exact) mass is 483 g/mol. The third kappa shape index (κ3) is 4.55. The lowest BCUT2D eigenvalue weighted by Gasteiger charge is -2.37. The van der Waals surface area contributed by atoms with Gasteiger partial charge in [-0.3, -0.25) is 4.79 Å². The number of aliphatic imine (C=N–C) groups is 1. The third-order valence-corrected chi connectivity index (χ3v) is 8.50. The summed E-state index contributed by atoms with van der Waals surface area (Å²) >= 11 is 5.91. The zero-order chi connectivity index (χ0) is 23.6. The highest BCUT2D eigenvalue weighted by Gasteiger charge is 2.62. The minimum Gasteiger partial charge on any atom is -0.385 e. The predicted octanol–water partition coefficient (Wildman–Crippen LogP) is 5.35. The molecule has 1 aromatic heterocycles. The largest absolute Gasteiger partial charge is 0.385 e. The first-order chi connectivity index (χ1) is 15.9. The molecule has 0 radical (unpaired) electrons. The van der Waals surface area contributed by atoms with Gasteiger partial charge in [-0.2, -0.15) is 0 Å². The third-order valence-electron chi connectivity index (χ3n) is 7.43. The SMILES string of the molecule is CC.CC12CC3(N=C(N/C(N)=C\c4ccc5ncsc5c4)N(S)C=O)CC1CC=CCC2C3. The number of rotatable bonds is 4. The van der Waals surface area contributed by atoms with Crippen molar-refractivity contribution in [1.82, 2.24) is 14.6 Å². The summed E-state index contributed by atoms with van der Waals surface area (Å²) in [4.78, 5) is 21.0. The van der Waals surface area contributed by atoms with Crippen molar-refractivity contribution in [1.29, 1.82) is 0 Å². The molecular formula is C25H33N5OS2. The molecule has 3 N–H and O–H groups in total. The van der Waals surface area contributed by atoms with Crippen LogP contribution in [0.3, 0.4) is 0 Å². The first-order valence-corrected chi connectivity index (χ1v) is 12.9. The number of carbonyl (C=O) groups is 1. The number of carbonyl (C=O) groups excluding carboxylic acids is 1. The maximum atomic E-state index is 11.5. The van der Waals surface area contributed by atoms with Crippen LogP contribution in [0.15, 0.2) is 46.7 Å². The van der Waals surface area contributed by atoms with Gasteiger partial charge in [0.2, 0.25) is 12.4 Å². The van der Waals surface area contributed by atoms with Gasteiger partial charge in [-0.05, 0) is 73.1 Å². The Morgan fingerprint density at radius 3 is 2.67 bits per heavy atom. The van der Waals surface area contributed by atoms with Crippen LogP contribution >= 0.6 is 24.2 Å². The Morgan fingerprint density at radius 1 is 1.30 bits per heavy atom. The fourth-order valence-corrected chi connectivity index (χ4v) is 6.84. The Morgan fingerprint density at radius 2 is 2.00 bits per heavy atom. The van der Waals surface area contributed by atoms with Gasteiger partial charge in [0.05, 0.1) is 21.3 Å². The van der Waals surface area contributed by atoms with Gasteiger partial charge in [0.15, 0.2) is 0 Å². The van der Waals surface area contributed by atoms with E-state index in [4.69, 9.17) is 10.7 Å². The second-order valence-electron chi connectivity index (χ2n) is 9.34. The van der Waals surface area contributed by atoms with E-state index in [0.717, 1.165) is 47.9 Å². The van der Waals surface area contributed by atoms with Crippen molar-refractivity contribution in [2.75, 3.05) is 0 Å². The van der Waals surface area contributed by atoms with E-state index in [2.05, 4.69) is 42.2 Å². The quantitative estimate of drug-likeness (QED) is 0.180. The highest BCUT2D eigenvalue weighted by molar-refractivity contribution is 7.78. The topological polar surface area (TPSA) is 83.6 Å². The average Bonchev–Trinajstić information content (AvgIpc) is 3.45. The van der Waals surface area contributed by atoms with Crippen molar-refractivity contribution >= 4 is 52.8 Å². The Bertz CT molecular complexity index is 1090. The zero-order valence-corrected chi connectivity index (χ0v) is 21.2. The number of aromatic nitrogens is 1. The van der Waals surface area contributed by atoms with Crippen LogP contribution in [0.5, 0.6) is 0 Å². The standard InChI is InChI=1S/C23H27N5OS2.C2H6/c1-22-12-23(10-16(22)4-2-3-5-17(22)11-23)27-21(28(30)14-29)26-20(24)9-15-6-7-18-19(8-15)31-13-25-18;1-2/h2-3,6-9,13-14,16-17,30H,4-5,10-12,24H2,1H3,(H,26,27);1-2H3/b20-9-;. The Balaban J connectivity index is 0.00000126. The second-order valence-corrected chi connectivity index (χ2v) is 10.7. The van der Waals surface area contributed by atoms with Crippen molar-refractivity contribution in [3.63, 3.8) is 0 Å². The van der Waals surface area contributed by atoms with E-state index in [1.807, 2.05) is 43.6 Å². The number of allylic oxidation sites excluding steroid dienone is 2. The van der Waals surface area contributed by atoms with Gasteiger partial charge in [-0.25, -0.2) is 14.3 Å². The molecular weight excluding hydrogens is 450 g/mol. The maximum Gasteiger partial charge on any atom is 0.226 e. The van der Waals surface area contributed by atoms with Crippen molar-refractivity contribution in [3.05, 3.63) is 47.2 Å². The molecule has 33 heavy (non-hydrogen) atoms. The highest BCUT2D eigenvalue weighted by atomic mass is 32.1. The summed E-state index contributed by atoms with van der Waals surface area (Å²) in [6.45, 7) is 6.43. The van der Waals surface area contributed by atoms with Gasteiger partial charge in [0.25, 0.3) is 0 Å². The second kappa shape index (κ2) is 9.50. The fraction of sp³-hybridized carbons (Fsp3) is 0.480. The summed E-state index contributed by atoms with van der Waals surface area (Å²) < 4.78 is 2.29. The maximum absolute atomic E-state index is 11.5. The molecule has 2 aromatic rings. The van der Waals surface area contributed by atoms with Crippen LogP contribution in [0.2, 0.25) is 0 Å². The average molecular weight is 484 g/mol. The zero-order valence-electron chi connectivity index (χ0n) is 19.5. The van der Waals surface area contributed by atoms with Gasteiger partial charge >= 0.3 is 0 Å². The molecule has 2 unspecified atom stereocenters. The molecule has 6 nitrogen and oxygen atoms in total. The fourth-order valence-electron chi connectivity index (χ4n) is 6.02. The first-order valence-electron chi connectivity index (χ1n) is 11.7. The Kier molecular flexibility index (Phi) is 6.86. The van der Waals surface area contributed by atoms with Crippen LogP contribution in [-0.2, 0) is 4.79 Å². The van der Waals surface area contributed by atoms with Gasteiger partial charge < -0.3 is 11.1 Å². The lowest BCUT2D eigenvalue weighted by atomic mass is 9.68. The predicted molar refractivity (Wildman–Crippen MR) is 141 cm³/mol. The number of thiazole rings is 1. The van der Waals surface area contributed by atoms with Crippen LogP contribution in [-0.4, -0.2) is 27.2 Å². The molecule has 0 spiro atoms. The summed E-state index contributed by atoms with van der Waals surface area (Å²) in [5.41, 5.74) is 10.2. The summed E-state index contributed by atoms with van der Waals surface area (Å²) in [6.07, 6.45) is 12.5. The minimum absolute atomic E-state index is 0.162. The number of nitrogens with zero attached hydrogens (tertiary/aromatic N) is 3. The van der Waals surface area contributed by atoms with Gasteiger partial charge in [0, 0.05) is 0 Å². The summed E-state index contributed by atoms with van der Waals surface area (Å²) in [5.74, 6) is 2.08. The smallest absolute Gasteiger partial charge is 0.226 e. The molecule has 3 aliphatic rings. The molecule has 1 heterocycles. The van der Waals surface area contributed by atoms with Crippen LogP contribution in [0.1, 0.15) is 58.4 Å². The molecule has 1 aromatic carbocycles. The summed E-state index contributed by atoms with van der Waals surface area (Å²) in [5, 5.41) is 3.14. The van der Waals surface area contributed by atoms with Crippen LogP contribution in [0, 0.1) is 17.3 Å². The molecule has 176 valence electrons. The van der Waals surface area contributed by atoms with Gasteiger partial charge in [-0.15, -0.1) is 11.3 Å². The minimum atomic E-state index is -0.162. The number of amides is 1. The number of benzene rings is 1. The van der Waals surface area contributed by atoms with Crippen molar-refractivity contribution in [2.45, 2.75) is 58.4 Å². The number of thiol groups is 1. The van der Waals surface area contributed by atoms with E-state index in [1.165, 1.54) is 4.31 Å². The van der Waals surface area contributed by atoms with Crippen LogP contribution < -0.4 is 11.1 Å². The Hall–Kier alpha value is -2.32. The van der Waals surface area contributed by atoms with Crippen molar-refractivity contribution in [2.24, 2.45) is 28.0 Å². The van der Waals surface area contributed by atoms with E-state index in [1.54, 1.807) is 11.3 Å². The lowest BCUT2D eigenvalue weighted by molar-refractivity contribution is -0.111.